The van der Waals surface area contributed by atoms with Crippen molar-refractivity contribution < 1.29 is 22.3 Å². The first-order valence-corrected chi connectivity index (χ1v) is 13.7. The van der Waals surface area contributed by atoms with Gasteiger partial charge in [-0.1, -0.05) is 53.6 Å². The Hall–Kier alpha value is -4.21. The van der Waals surface area contributed by atoms with Crippen LogP contribution in [-0.2, 0) is 21.4 Å². The van der Waals surface area contributed by atoms with Crippen LogP contribution >= 0.6 is 11.6 Å². The van der Waals surface area contributed by atoms with Gasteiger partial charge in [-0.25, -0.2) is 18.2 Å². The summed E-state index contributed by atoms with van der Waals surface area (Å²) in [5, 5.41) is 4.55. The number of rotatable bonds is 10. The number of halogens is 2. The molecule has 0 radical (unpaired) electrons. The quantitative estimate of drug-likeness (QED) is 0.197. The highest BCUT2D eigenvalue weighted by Gasteiger charge is 2.29. The zero-order valence-corrected chi connectivity index (χ0v) is 22.5. The maximum Gasteiger partial charge on any atom is 0.264 e. The molecule has 0 atom stereocenters. The molecule has 0 unspecified atom stereocenters. The van der Waals surface area contributed by atoms with Gasteiger partial charge in [0.05, 0.1) is 16.8 Å². The minimum Gasteiger partial charge on any atom is -0.489 e. The Morgan fingerprint density at radius 1 is 1.00 bits per heavy atom. The third-order valence-electron chi connectivity index (χ3n) is 5.59. The number of ether oxygens (including phenoxy) is 1. The smallest absolute Gasteiger partial charge is 0.264 e. The molecule has 0 aromatic heterocycles. The molecule has 1 amide bonds. The lowest BCUT2D eigenvalue weighted by Gasteiger charge is -2.24. The van der Waals surface area contributed by atoms with Gasteiger partial charge in [-0.3, -0.25) is 9.10 Å². The van der Waals surface area contributed by atoms with Gasteiger partial charge in [-0.05, 0) is 78.7 Å². The van der Waals surface area contributed by atoms with E-state index in [2.05, 4.69) is 10.5 Å². The number of benzene rings is 4. The Balaban J connectivity index is 1.41. The van der Waals surface area contributed by atoms with Crippen molar-refractivity contribution >= 4 is 39.4 Å². The van der Waals surface area contributed by atoms with Crippen molar-refractivity contribution in [3.8, 4) is 5.75 Å². The summed E-state index contributed by atoms with van der Waals surface area (Å²) in [7, 11) is -4.24. The SMILES string of the molecule is Cc1ccc(S(=O)(=O)N(CC(=O)N/N=C/c2ccc(OCc3cccc(Cl)c3)cc2)c2ccccc2F)cc1. The summed E-state index contributed by atoms with van der Waals surface area (Å²) in [6.45, 7) is 1.50. The number of hydrazone groups is 1. The summed E-state index contributed by atoms with van der Waals surface area (Å²) in [6.07, 6.45) is 1.40. The molecular formula is C29H25ClFN3O4S. The van der Waals surface area contributed by atoms with Crippen molar-refractivity contribution in [1.29, 1.82) is 0 Å². The number of hydrogen-bond donors (Lipinski definition) is 1. The molecule has 0 aliphatic carbocycles. The summed E-state index contributed by atoms with van der Waals surface area (Å²) >= 11 is 5.99. The van der Waals surface area contributed by atoms with E-state index in [0.29, 0.717) is 22.9 Å². The standard InChI is InChI=1S/C29H25ClFN3O4S/c1-21-9-15-26(16-10-21)39(36,37)34(28-8-3-2-7-27(28)31)19-29(35)33-32-18-22-11-13-25(14-12-22)38-20-23-5-4-6-24(30)17-23/h2-18H,19-20H2,1H3,(H,33,35)/b32-18+. The molecule has 1 N–H and O–H groups in total. The number of nitrogens with zero attached hydrogens (tertiary/aromatic N) is 2. The molecule has 0 fully saturated rings. The number of hydrogen-bond acceptors (Lipinski definition) is 5. The molecule has 10 heteroatoms. The van der Waals surface area contributed by atoms with Gasteiger partial charge in [0.2, 0.25) is 0 Å². The second kappa shape index (κ2) is 12.6. The number of sulfonamides is 1. The van der Waals surface area contributed by atoms with Crippen molar-refractivity contribution in [2.24, 2.45) is 5.10 Å². The largest absolute Gasteiger partial charge is 0.489 e. The summed E-state index contributed by atoms with van der Waals surface area (Å²) in [5.74, 6) is -0.883. The molecular weight excluding hydrogens is 541 g/mol. The van der Waals surface area contributed by atoms with Crippen LogP contribution in [0, 0.1) is 12.7 Å². The fourth-order valence-corrected chi connectivity index (χ4v) is 5.22. The molecule has 0 aliphatic heterocycles. The Morgan fingerprint density at radius 2 is 1.72 bits per heavy atom. The van der Waals surface area contributed by atoms with E-state index in [-0.39, 0.29) is 10.6 Å². The fourth-order valence-electron chi connectivity index (χ4n) is 3.58. The van der Waals surface area contributed by atoms with Crippen LogP contribution in [0.1, 0.15) is 16.7 Å². The summed E-state index contributed by atoms with van der Waals surface area (Å²) in [6, 6.07) is 25.8. The summed E-state index contributed by atoms with van der Waals surface area (Å²) in [5.41, 5.74) is 4.53. The van der Waals surface area contributed by atoms with Crippen molar-refractivity contribution in [2.45, 2.75) is 18.4 Å². The first-order valence-electron chi connectivity index (χ1n) is 11.9. The number of aryl methyl sites for hydroxylation is 1. The van der Waals surface area contributed by atoms with E-state index in [4.69, 9.17) is 16.3 Å². The fraction of sp³-hybridized carbons (Fsp3) is 0.103. The molecule has 0 spiro atoms. The maximum atomic E-state index is 14.6. The zero-order chi connectivity index (χ0) is 27.8. The van der Waals surface area contributed by atoms with E-state index >= 15 is 0 Å². The average molecular weight is 566 g/mol. The predicted octanol–water partition coefficient (Wildman–Crippen LogP) is 5.71. The van der Waals surface area contributed by atoms with Crippen LogP contribution < -0.4 is 14.5 Å². The molecule has 0 aliphatic rings. The monoisotopic (exact) mass is 565 g/mol. The third-order valence-corrected chi connectivity index (χ3v) is 7.60. The molecule has 0 saturated heterocycles. The topological polar surface area (TPSA) is 88.1 Å². The Kier molecular flexibility index (Phi) is 8.96. The first kappa shape index (κ1) is 27.8. The molecule has 39 heavy (non-hydrogen) atoms. The van der Waals surface area contributed by atoms with Crippen LogP contribution in [0.5, 0.6) is 5.75 Å². The minimum absolute atomic E-state index is 0.0645. The van der Waals surface area contributed by atoms with Crippen LogP contribution in [0.2, 0.25) is 5.02 Å². The normalized spacial score (nSPS) is 11.4. The van der Waals surface area contributed by atoms with Crippen molar-refractivity contribution in [3.63, 3.8) is 0 Å². The van der Waals surface area contributed by atoms with Gasteiger partial charge < -0.3 is 4.74 Å². The van der Waals surface area contributed by atoms with E-state index in [1.165, 1.54) is 36.5 Å². The van der Waals surface area contributed by atoms with Gasteiger partial charge in [-0.2, -0.15) is 5.10 Å². The van der Waals surface area contributed by atoms with Crippen LogP contribution in [0.3, 0.4) is 0 Å². The average Bonchev–Trinajstić information content (AvgIpc) is 2.92. The zero-order valence-electron chi connectivity index (χ0n) is 20.9. The second-order valence-electron chi connectivity index (χ2n) is 8.56. The van der Waals surface area contributed by atoms with Gasteiger partial charge in [0.1, 0.15) is 24.7 Å². The van der Waals surface area contributed by atoms with Crippen LogP contribution in [0.25, 0.3) is 0 Å². The summed E-state index contributed by atoms with van der Waals surface area (Å²) < 4.78 is 47.8. The molecule has 4 aromatic rings. The van der Waals surface area contributed by atoms with Crippen molar-refractivity contribution in [2.75, 3.05) is 10.8 Å². The highest BCUT2D eigenvalue weighted by Crippen LogP contribution is 2.26. The molecule has 4 aromatic carbocycles. The molecule has 0 saturated carbocycles. The predicted molar refractivity (Wildman–Crippen MR) is 150 cm³/mol. The van der Waals surface area contributed by atoms with Crippen molar-refractivity contribution in [1.82, 2.24) is 5.43 Å². The van der Waals surface area contributed by atoms with Crippen molar-refractivity contribution in [3.05, 3.63) is 125 Å². The number of anilines is 1. The van der Waals surface area contributed by atoms with E-state index < -0.39 is 28.3 Å². The number of para-hydroxylation sites is 1. The Morgan fingerprint density at radius 3 is 2.41 bits per heavy atom. The Bertz CT molecular complexity index is 1580. The summed E-state index contributed by atoms with van der Waals surface area (Å²) in [4.78, 5) is 12.6. The molecule has 4 rings (SSSR count). The van der Waals surface area contributed by atoms with Crippen LogP contribution in [0.15, 0.2) is 107 Å². The van der Waals surface area contributed by atoms with Crippen LogP contribution in [-0.4, -0.2) is 27.1 Å². The number of carbonyl (C=O) groups excluding carboxylic acids is 1. The molecule has 0 bridgehead atoms. The number of amides is 1. The van der Waals surface area contributed by atoms with Gasteiger partial charge in [0, 0.05) is 5.02 Å². The highest BCUT2D eigenvalue weighted by atomic mass is 35.5. The molecule has 0 heterocycles. The maximum absolute atomic E-state index is 14.6. The second-order valence-corrected chi connectivity index (χ2v) is 10.9. The lowest BCUT2D eigenvalue weighted by Crippen LogP contribution is -2.40. The van der Waals surface area contributed by atoms with E-state index in [1.807, 2.05) is 25.1 Å². The number of nitrogens with one attached hydrogen (secondary N) is 1. The highest BCUT2D eigenvalue weighted by molar-refractivity contribution is 7.92. The molecule has 200 valence electrons. The van der Waals surface area contributed by atoms with Gasteiger partial charge >= 0.3 is 0 Å². The van der Waals surface area contributed by atoms with Gasteiger partial charge in [-0.15, -0.1) is 0 Å². The van der Waals surface area contributed by atoms with Gasteiger partial charge in [0.15, 0.2) is 0 Å². The van der Waals surface area contributed by atoms with E-state index in [9.17, 15) is 17.6 Å². The first-order chi connectivity index (χ1) is 18.7. The Labute approximate surface area is 231 Å². The minimum atomic E-state index is -4.24. The lowest BCUT2D eigenvalue weighted by atomic mass is 10.2. The van der Waals surface area contributed by atoms with E-state index in [0.717, 1.165) is 21.5 Å². The van der Waals surface area contributed by atoms with Gasteiger partial charge in [0.25, 0.3) is 15.9 Å². The molecule has 7 nitrogen and oxygen atoms in total. The number of carbonyl (C=O) groups is 1. The van der Waals surface area contributed by atoms with E-state index in [1.54, 1.807) is 42.5 Å². The van der Waals surface area contributed by atoms with Crippen LogP contribution in [0.4, 0.5) is 10.1 Å². The lowest BCUT2D eigenvalue weighted by molar-refractivity contribution is -0.119. The third kappa shape index (κ3) is 7.43.